The van der Waals surface area contributed by atoms with Crippen molar-refractivity contribution >= 4 is 17.9 Å². The molecule has 218 valence electrons. The van der Waals surface area contributed by atoms with Crippen molar-refractivity contribution in [2.24, 2.45) is 5.41 Å². The van der Waals surface area contributed by atoms with Crippen molar-refractivity contribution in [3.63, 3.8) is 0 Å². The minimum Gasteiger partial charge on any atom is -0.475 e. The number of alkyl halides is 3. The molecule has 40 heavy (non-hydrogen) atoms. The standard InChI is InChI=1S/C26H35N5O2.C2HF3O2/c1-20(2)31-23(11-13-27-31)22-18-30(25(33)28-14-6-7-15-28)19-26(22)12-8-16-29(24(26)32)17-21-9-4-3-5-10-21;3-2(4,5)1(6)7/h3-5,9-11,13,20,22H,6-8,12,14-19H2,1-2H3;(H,6,7)/t22-,26+;/m0./s1. The number of aliphatic carboxylic acids is 1. The summed E-state index contributed by atoms with van der Waals surface area (Å²) in [5.41, 5.74) is 1.64. The van der Waals surface area contributed by atoms with E-state index in [1.807, 2.05) is 43.8 Å². The van der Waals surface area contributed by atoms with Crippen LogP contribution in [0.3, 0.4) is 0 Å². The van der Waals surface area contributed by atoms with E-state index in [0.717, 1.165) is 56.6 Å². The number of hydrogen-bond acceptors (Lipinski definition) is 4. The Bertz CT molecular complexity index is 1200. The molecular formula is C28H36F3N5O4. The Hall–Kier alpha value is -3.57. The Morgan fingerprint density at radius 1 is 1.05 bits per heavy atom. The van der Waals surface area contributed by atoms with Crippen LogP contribution in [-0.4, -0.2) is 86.4 Å². The van der Waals surface area contributed by atoms with E-state index in [4.69, 9.17) is 9.90 Å². The third kappa shape index (κ3) is 6.10. The van der Waals surface area contributed by atoms with Gasteiger partial charge in [0.2, 0.25) is 5.91 Å². The van der Waals surface area contributed by atoms with Crippen LogP contribution in [0.4, 0.5) is 18.0 Å². The average molecular weight is 564 g/mol. The Labute approximate surface area is 231 Å². The van der Waals surface area contributed by atoms with Crippen LogP contribution in [-0.2, 0) is 16.1 Å². The van der Waals surface area contributed by atoms with E-state index in [9.17, 15) is 22.8 Å². The van der Waals surface area contributed by atoms with Crippen LogP contribution in [0.1, 0.15) is 62.7 Å². The Balaban J connectivity index is 0.000000470. The number of carbonyl (C=O) groups is 3. The molecule has 12 heteroatoms. The lowest BCUT2D eigenvalue weighted by atomic mass is 9.70. The zero-order valence-corrected chi connectivity index (χ0v) is 22.8. The molecule has 2 atom stereocenters. The van der Waals surface area contributed by atoms with E-state index in [-0.39, 0.29) is 23.9 Å². The fourth-order valence-electron chi connectivity index (χ4n) is 6.11. The molecule has 3 amide bonds. The van der Waals surface area contributed by atoms with Crippen molar-refractivity contribution in [3.8, 4) is 0 Å². The maximum Gasteiger partial charge on any atom is 0.490 e. The van der Waals surface area contributed by atoms with Crippen molar-refractivity contribution in [3.05, 3.63) is 53.9 Å². The topological polar surface area (TPSA) is 99.0 Å². The number of urea groups is 1. The molecule has 9 nitrogen and oxygen atoms in total. The minimum absolute atomic E-state index is 0.0416. The molecule has 3 saturated heterocycles. The maximum atomic E-state index is 14.2. The molecule has 1 aromatic carbocycles. The fraction of sp³-hybridized carbons (Fsp3) is 0.571. The zero-order chi connectivity index (χ0) is 29.1. The van der Waals surface area contributed by atoms with Gasteiger partial charge in [-0.3, -0.25) is 9.48 Å². The molecule has 0 unspecified atom stereocenters. The van der Waals surface area contributed by atoms with Gasteiger partial charge in [-0.2, -0.15) is 18.3 Å². The number of halogens is 3. The lowest BCUT2D eigenvalue weighted by Gasteiger charge is -2.42. The number of carboxylic acid groups (broad SMARTS) is 1. The largest absolute Gasteiger partial charge is 0.490 e. The monoisotopic (exact) mass is 563 g/mol. The molecule has 2 aromatic rings. The van der Waals surface area contributed by atoms with Crippen LogP contribution in [0.25, 0.3) is 0 Å². The van der Waals surface area contributed by atoms with Crippen molar-refractivity contribution in [2.75, 3.05) is 32.7 Å². The first-order valence-electron chi connectivity index (χ1n) is 13.6. The van der Waals surface area contributed by atoms with Gasteiger partial charge in [0.05, 0.1) is 5.41 Å². The van der Waals surface area contributed by atoms with Gasteiger partial charge in [-0.25, -0.2) is 9.59 Å². The highest BCUT2D eigenvalue weighted by molar-refractivity contribution is 5.87. The number of nitrogens with zero attached hydrogens (tertiary/aromatic N) is 5. The SMILES string of the molecule is CC(C)n1nccc1[C@@H]1CN(C(=O)N2CCCC2)C[C@]12CCCN(Cc1ccccc1)C2=O.O=C(O)C(F)(F)F. The van der Waals surface area contributed by atoms with E-state index in [1.54, 1.807) is 0 Å². The average Bonchev–Trinajstić information content (AvgIpc) is 3.67. The molecule has 3 aliphatic rings. The van der Waals surface area contributed by atoms with Gasteiger partial charge < -0.3 is 19.8 Å². The van der Waals surface area contributed by atoms with Gasteiger partial charge in [0.15, 0.2) is 0 Å². The van der Waals surface area contributed by atoms with Gasteiger partial charge >= 0.3 is 18.2 Å². The number of benzene rings is 1. The lowest BCUT2D eigenvalue weighted by molar-refractivity contribution is -0.192. The van der Waals surface area contributed by atoms with Gasteiger partial charge in [-0.1, -0.05) is 30.3 Å². The number of carbonyl (C=O) groups excluding carboxylic acids is 2. The molecule has 5 rings (SSSR count). The summed E-state index contributed by atoms with van der Waals surface area (Å²) in [6.07, 6.45) is 0.657. The third-order valence-corrected chi connectivity index (χ3v) is 7.96. The number of carboxylic acids is 1. The molecule has 1 N–H and O–H groups in total. The number of aromatic nitrogens is 2. The molecule has 1 aromatic heterocycles. The van der Waals surface area contributed by atoms with Crippen LogP contribution in [0.15, 0.2) is 42.6 Å². The zero-order valence-electron chi connectivity index (χ0n) is 22.8. The van der Waals surface area contributed by atoms with Crippen LogP contribution in [0.5, 0.6) is 0 Å². The predicted molar refractivity (Wildman–Crippen MR) is 140 cm³/mol. The molecule has 0 saturated carbocycles. The summed E-state index contributed by atoms with van der Waals surface area (Å²) in [5, 5.41) is 11.7. The van der Waals surface area contributed by atoms with Crippen LogP contribution >= 0.6 is 0 Å². The highest BCUT2D eigenvalue weighted by Gasteiger charge is 2.57. The quantitative estimate of drug-likeness (QED) is 0.590. The summed E-state index contributed by atoms with van der Waals surface area (Å²) in [5.74, 6) is -2.61. The van der Waals surface area contributed by atoms with Gasteiger partial charge in [0.1, 0.15) is 0 Å². The first kappa shape index (κ1) is 29.4. The number of hydrogen-bond donors (Lipinski definition) is 1. The highest BCUT2D eigenvalue weighted by atomic mass is 19.4. The summed E-state index contributed by atoms with van der Waals surface area (Å²) in [4.78, 5) is 42.4. The van der Waals surface area contributed by atoms with E-state index >= 15 is 0 Å². The van der Waals surface area contributed by atoms with Gasteiger partial charge in [-0.05, 0) is 51.2 Å². The molecule has 1 spiro atoms. The third-order valence-electron chi connectivity index (χ3n) is 7.96. The summed E-state index contributed by atoms with van der Waals surface area (Å²) < 4.78 is 33.8. The summed E-state index contributed by atoms with van der Waals surface area (Å²) >= 11 is 0. The number of likely N-dealkylation sites (tertiary alicyclic amines) is 3. The minimum atomic E-state index is -5.08. The van der Waals surface area contributed by atoms with Gasteiger partial charge in [0.25, 0.3) is 0 Å². The first-order valence-corrected chi connectivity index (χ1v) is 13.6. The highest BCUT2D eigenvalue weighted by Crippen LogP contribution is 2.50. The smallest absolute Gasteiger partial charge is 0.475 e. The first-order chi connectivity index (χ1) is 18.9. The second kappa shape index (κ2) is 11.9. The number of rotatable bonds is 4. The van der Waals surface area contributed by atoms with Crippen LogP contribution in [0.2, 0.25) is 0 Å². The predicted octanol–water partition coefficient (Wildman–Crippen LogP) is 4.52. The molecule has 4 heterocycles. The van der Waals surface area contributed by atoms with E-state index in [1.165, 1.54) is 0 Å². The Morgan fingerprint density at radius 3 is 2.30 bits per heavy atom. The Morgan fingerprint density at radius 2 is 1.70 bits per heavy atom. The summed E-state index contributed by atoms with van der Waals surface area (Å²) in [6.45, 7) is 8.36. The summed E-state index contributed by atoms with van der Waals surface area (Å²) in [7, 11) is 0. The van der Waals surface area contributed by atoms with Crippen molar-refractivity contribution < 1.29 is 32.7 Å². The molecule has 0 radical (unpaired) electrons. The number of piperidine rings is 1. The molecule has 3 aliphatic heterocycles. The van der Waals surface area contributed by atoms with Crippen molar-refractivity contribution in [2.45, 2.75) is 64.2 Å². The normalized spacial score (nSPS) is 23.1. The summed E-state index contributed by atoms with van der Waals surface area (Å²) in [6, 6.07) is 12.6. The van der Waals surface area contributed by atoms with Crippen molar-refractivity contribution in [1.82, 2.24) is 24.5 Å². The maximum absolute atomic E-state index is 14.2. The molecular weight excluding hydrogens is 527 g/mol. The van der Waals surface area contributed by atoms with Gasteiger partial charge in [-0.15, -0.1) is 0 Å². The fourth-order valence-corrected chi connectivity index (χ4v) is 6.11. The second-order valence-electron chi connectivity index (χ2n) is 11.0. The second-order valence-corrected chi connectivity index (χ2v) is 11.0. The van der Waals surface area contributed by atoms with Crippen LogP contribution in [0, 0.1) is 5.41 Å². The van der Waals surface area contributed by atoms with E-state index < -0.39 is 17.6 Å². The van der Waals surface area contributed by atoms with E-state index in [0.29, 0.717) is 19.6 Å². The molecule has 3 fully saturated rings. The lowest BCUT2D eigenvalue weighted by Crippen LogP contribution is -2.52. The number of amides is 3. The molecule has 0 aliphatic carbocycles. The Kier molecular flexibility index (Phi) is 8.74. The van der Waals surface area contributed by atoms with Gasteiger partial charge in [0, 0.05) is 63.1 Å². The van der Waals surface area contributed by atoms with Crippen LogP contribution < -0.4 is 0 Å². The van der Waals surface area contributed by atoms with Crippen molar-refractivity contribution in [1.29, 1.82) is 0 Å². The van der Waals surface area contributed by atoms with E-state index in [2.05, 4.69) is 37.1 Å². The molecule has 0 bridgehead atoms.